The molecule has 0 amide bonds. The summed E-state index contributed by atoms with van der Waals surface area (Å²) in [5, 5.41) is 0. The van der Waals surface area contributed by atoms with Gasteiger partial charge in [0.05, 0.1) is 0 Å². The van der Waals surface area contributed by atoms with E-state index in [1.807, 2.05) is 0 Å². The first kappa shape index (κ1) is 31.9. The number of ether oxygens (including phenoxy) is 3. The van der Waals surface area contributed by atoms with Gasteiger partial charge in [0.15, 0.2) is 6.61 Å². The van der Waals surface area contributed by atoms with Gasteiger partial charge in [-0.05, 0) is 0 Å². The maximum absolute atomic E-state index is 13.9. The van der Waals surface area contributed by atoms with Gasteiger partial charge >= 0.3 is 54.3 Å². The molecule has 0 heterocycles. The van der Waals surface area contributed by atoms with Gasteiger partial charge < -0.3 is 4.74 Å². The fourth-order valence-electron chi connectivity index (χ4n) is 1.56. The van der Waals surface area contributed by atoms with Crippen LogP contribution < -0.4 is 0 Å². The number of alkyl halides is 17. The van der Waals surface area contributed by atoms with E-state index in [2.05, 4.69) is 16.1 Å². The van der Waals surface area contributed by atoms with E-state index in [1.165, 1.54) is 0 Å². The van der Waals surface area contributed by atoms with Crippen molar-refractivity contribution in [2.45, 2.75) is 54.8 Å². The van der Waals surface area contributed by atoms with E-state index in [0.717, 1.165) is 0 Å². The third-order valence-corrected chi connectivity index (χ3v) is 3.17. The molecule has 0 aliphatic carbocycles. The molecule has 0 spiro atoms. The Bertz CT molecular complexity index is 739. The molecule has 0 radical (unpaired) electrons. The van der Waals surface area contributed by atoms with Crippen molar-refractivity contribution in [3.8, 4) is 0 Å². The van der Waals surface area contributed by atoms with Gasteiger partial charge in [-0.15, -0.1) is 0 Å². The molecule has 0 aliphatic heterocycles. The molecule has 0 fully saturated rings. The molecule has 0 rings (SSSR count). The lowest BCUT2D eigenvalue weighted by Gasteiger charge is -2.37. The van der Waals surface area contributed by atoms with Gasteiger partial charge in [-0.2, -0.15) is 70.2 Å². The van der Waals surface area contributed by atoms with Gasteiger partial charge in [-0.25, -0.2) is 9.18 Å². The first-order valence-electron chi connectivity index (χ1n) is 7.48. The topological polar surface area (TPSA) is 44.8 Å². The van der Waals surface area contributed by atoms with Crippen LogP contribution in [0.3, 0.4) is 0 Å². The molecule has 21 heteroatoms. The lowest BCUT2D eigenvalue weighted by molar-refractivity contribution is -0.498. The molecule has 0 bridgehead atoms. The van der Waals surface area contributed by atoms with Crippen molar-refractivity contribution in [1.29, 1.82) is 0 Å². The number of carbonyl (C=O) groups excluding carboxylic acids is 1. The summed E-state index contributed by atoms with van der Waals surface area (Å²) in [6, 6.07) is 0. The van der Waals surface area contributed by atoms with Crippen LogP contribution in [0.2, 0.25) is 0 Å². The second kappa shape index (κ2) is 9.19. The molecule has 4 nitrogen and oxygen atoms in total. The Labute approximate surface area is 175 Å². The Morgan fingerprint density at radius 1 is 0.647 bits per heavy atom. The molecule has 34 heavy (non-hydrogen) atoms. The van der Waals surface area contributed by atoms with Gasteiger partial charge in [0, 0.05) is 6.08 Å². The van der Waals surface area contributed by atoms with E-state index in [9.17, 15) is 79.4 Å². The van der Waals surface area contributed by atoms with Gasteiger partial charge in [-0.3, -0.25) is 9.47 Å². The average Bonchev–Trinajstić information content (AvgIpc) is 2.54. The summed E-state index contributed by atoms with van der Waals surface area (Å²) in [4.78, 5) is 10.7. The molecular weight excluding hydrogens is 543 g/mol. The van der Waals surface area contributed by atoms with Crippen molar-refractivity contribution in [2.75, 3.05) is 6.61 Å². The zero-order valence-electron chi connectivity index (χ0n) is 15.3. The molecule has 0 saturated heterocycles. The molecule has 0 aromatic rings. The molecule has 2 atom stereocenters. The first-order chi connectivity index (χ1) is 14.6. The maximum Gasteiger partial charge on any atom is 0.462 e. The zero-order valence-corrected chi connectivity index (χ0v) is 15.3. The van der Waals surface area contributed by atoms with E-state index in [-0.39, 0.29) is 6.08 Å². The molecule has 0 N–H and O–H groups in total. The molecule has 2 unspecified atom stereocenters. The number of halogens is 17. The van der Waals surface area contributed by atoms with Crippen molar-refractivity contribution in [3.05, 3.63) is 12.7 Å². The van der Waals surface area contributed by atoms with E-state index in [1.54, 1.807) is 4.74 Å². The largest absolute Gasteiger partial charge is 0.462 e. The highest BCUT2D eigenvalue weighted by atomic mass is 19.4. The summed E-state index contributed by atoms with van der Waals surface area (Å²) >= 11 is 0. The maximum atomic E-state index is 13.9. The van der Waals surface area contributed by atoms with E-state index in [4.69, 9.17) is 0 Å². The molecule has 0 saturated carbocycles. The zero-order chi connectivity index (χ0) is 27.8. The Morgan fingerprint density at radius 2 is 1.06 bits per heavy atom. The van der Waals surface area contributed by atoms with E-state index >= 15 is 0 Å². The predicted molar refractivity (Wildman–Crippen MR) is 68.6 cm³/mol. The molecule has 0 aliphatic rings. The van der Waals surface area contributed by atoms with Crippen LogP contribution in [0.1, 0.15) is 6.42 Å². The Balaban J connectivity index is 6.25. The number of esters is 1. The lowest BCUT2D eigenvalue weighted by Crippen LogP contribution is -2.61. The molecule has 0 aromatic carbocycles. The minimum absolute atomic E-state index is 0.0158. The SMILES string of the molecule is C=CC(=O)OCC(F)(OC(F)(F)CC(F)(OC(F)(F)C(F)(F)C(F)(F)F)C(F)(F)F)C(F)(F)F. The number of carbonyl (C=O) groups is 1. The minimum Gasteiger partial charge on any atom is -0.456 e. The van der Waals surface area contributed by atoms with Crippen LogP contribution >= 0.6 is 0 Å². The third kappa shape index (κ3) is 6.98. The van der Waals surface area contributed by atoms with Gasteiger partial charge in [0.25, 0.3) is 0 Å². The predicted octanol–water partition coefficient (Wildman–Crippen LogP) is 5.98. The van der Waals surface area contributed by atoms with Crippen LogP contribution in [-0.4, -0.2) is 61.0 Å². The second-order valence-corrected chi connectivity index (χ2v) is 5.87. The van der Waals surface area contributed by atoms with Crippen molar-refractivity contribution >= 4 is 5.97 Å². The fourth-order valence-corrected chi connectivity index (χ4v) is 1.56. The van der Waals surface area contributed by atoms with Gasteiger partial charge in [-0.1, -0.05) is 6.58 Å². The Kier molecular flexibility index (Phi) is 8.63. The van der Waals surface area contributed by atoms with Crippen molar-refractivity contribution < 1.29 is 93.6 Å². The van der Waals surface area contributed by atoms with Crippen LogP contribution in [-0.2, 0) is 19.0 Å². The standard InChI is InChI=1S/C13H7F17O4/c1-2-5(31)32-4-7(15,11(23,24)25)33-8(16,17)3-6(14,10(20,21)22)34-13(29,30)9(18,19)12(26,27)28/h2H,1,3-4H2. The number of hydrogen-bond acceptors (Lipinski definition) is 4. The molecule has 0 aromatic heterocycles. The summed E-state index contributed by atoms with van der Waals surface area (Å²) in [6.07, 6.45) is -40.1. The number of rotatable bonds is 10. The minimum atomic E-state index is -7.66. The monoisotopic (exact) mass is 550 g/mol. The van der Waals surface area contributed by atoms with Gasteiger partial charge in [0.1, 0.15) is 6.42 Å². The fraction of sp³-hybridized carbons (Fsp3) is 0.769. The first-order valence-corrected chi connectivity index (χ1v) is 7.48. The summed E-state index contributed by atoms with van der Waals surface area (Å²) in [7, 11) is 0. The highest BCUT2D eigenvalue weighted by Gasteiger charge is 2.79. The van der Waals surface area contributed by atoms with E-state index < -0.39 is 67.4 Å². The van der Waals surface area contributed by atoms with Gasteiger partial charge in [0.2, 0.25) is 0 Å². The average molecular weight is 550 g/mol. The summed E-state index contributed by atoms with van der Waals surface area (Å²) in [5.74, 6) is -22.6. The van der Waals surface area contributed by atoms with Crippen molar-refractivity contribution in [3.63, 3.8) is 0 Å². The summed E-state index contributed by atoms with van der Waals surface area (Å²) in [5.41, 5.74) is 0. The van der Waals surface area contributed by atoms with E-state index in [0.29, 0.717) is 0 Å². The second-order valence-electron chi connectivity index (χ2n) is 5.87. The lowest BCUT2D eigenvalue weighted by atomic mass is 10.1. The quantitative estimate of drug-likeness (QED) is 0.191. The molecule has 202 valence electrons. The Hall–Kier alpha value is -2.06. The highest BCUT2D eigenvalue weighted by molar-refractivity contribution is 5.81. The van der Waals surface area contributed by atoms with Crippen LogP contribution in [0, 0.1) is 0 Å². The van der Waals surface area contributed by atoms with Crippen LogP contribution in [0.25, 0.3) is 0 Å². The Morgan fingerprint density at radius 3 is 1.38 bits per heavy atom. The smallest absolute Gasteiger partial charge is 0.456 e. The van der Waals surface area contributed by atoms with Crippen molar-refractivity contribution in [1.82, 2.24) is 0 Å². The van der Waals surface area contributed by atoms with Crippen LogP contribution in [0.5, 0.6) is 0 Å². The highest BCUT2D eigenvalue weighted by Crippen LogP contribution is 2.53. The number of hydrogen-bond donors (Lipinski definition) is 0. The summed E-state index contributed by atoms with van der Waals surface area (Å²) in [6.45, 7) is -0.365. The summed E-state index contributed by atoms with van der Waals surface area (Å²) < 4.78 is 226. The normalized spacial score (nSPS) is 18.1. The third-order valence-electron chi connectivity index (χ3n) is 3.17. The van der Waals surface area contributed by atoms with Crippen LogP contribution in [0.4, 0.5) is 74.6 Å². The van der Waals surface area contributed by atoms with Crippen LogP contribution in [0.15, 0.2) is 12.7 Å². The molecular formula is C13H7F17O4. The van der Waals surface area contributed by atoms with Crippen molar-refractivity contribution in [2.24, 2.45) is 0 Å².